The summed E-state index contributed by atoms with van der Waals surface area (Å²) in [6.45, 7) is 1.49. The Balaban J connectivity index is 1.41. The van der Waals surface area contributed by atoms with Crippen LogP contribution in [0.3, 0.4) is 0 Å². The smallest absolute Gasteiger partial charge is 0.309 e. The van der Waals surface area contributed by atoms with Gasteiger partial charge in [-0.3, -0.25) is 9.78 Å². The van der Waals surface area contributed by atoms with E-state index >= 15 is 4.39 Å². The lowest BCUT2D eigenvalue weighted by molar-refractivity contribution is -0.153. The van der Waals surface area contributed by atoms with Crippen LogP contribution >= 0.6 is 0 Å². The number of alkyl halides is 1. The Hall–Kier alpha value is -3.60. The molecule has 0 saturated carbocycles. The third kappa shape index (κ3) is 6.24. The van der Waals surface area contributed by atoms with Crippen molar-refractivity contribution in [3.63, 3.8) is 0 Å². The van der Waals surface area contributed by atoms with Gasteiger partial charge < -0.3 is 25.0 Å². The molecule has 1 aliphatic heterocycles. The van der Waals surface area contributed by atoms with Crippen molar-refractivity contribution in [3.05, 3.63) is 59.5 Å². The summed E-state index contributed by atoms with van der Waals surface area (Å²) in [5.74, 6) is -3.40. The van der Waals surface area contributed by atoms with Crippen LogP contribution in [0.5, 0.6) is 5.75 Å². The standard InChI is InChI=1S/C29H34F4N4O3/c1-36(2)25-17-35-24-5-4-19(40-3)16-20(24)26(25)21(31)6-7-29(28(38)39)8-11-37(12-9-29)13-10-34-27-22(32)14-18(30)15-23(27)33/h4-5,14-17,21,34H,6-13H2,1-3H3,(H,38,39)/t21-/m0/s1. The molecule has 1 aromatic heterocycles. The van der Waals surface area contributed by atoms with Gasteiger partial charge in [-0.15, -0.1) is 0 Å². The van der Waals surface area contributed by atoms with E-state index in [0.717, 1.165) is 0 Å². The topological polar surface area (TPSA) is 77.9 Å². The summed E-state index contributed by atoms with van der Waals surface area (Å²) in [6.07, 6.45) is 1.02. The Morgan fingerprint density at radius 2 is 1.85 bits per heavy atom. The van der Waals surface area contributed by atoms with Crippen LogP contribution in [-0.2, 0) is 4.79 Å². The second-order valence-corrected chi connectivity index (χ2v) is 10.4. The molecule has 7 nitrogen and oxygen atoms in total. The van der Waals surface area contributed by atoms with Gasteiger partial charge in [-0.2, -0.15) is 0 Å². The zero-order valence-electron chi connectivity index (χ0n) is 22.8. The second kappa shape index (κ2) is 12.3. The Morgan fingerprint density at radius 1 is 1.18 bits per heavy atom. The van der Waals surface area contributed by atoms with E-state index in [-0.39, 0.29) is 19.4 Å². The van der Waals surface area contributed by atoms with Gasteiger partial charge in [-0.1, -0.05) is 0 Å². The van der Waals surface area contributed by atoms with E-state index in [1.807, 2.05) is 4.90 Å². The van der Waals surface area contributed by atoms with Crippen LogP contribution in [0.2, 0.25) is 0 Å². The summed E-state index contributed by atoms with van der Waals surface area (Å²) in [7, 11) is 5.15. The molecule has 2 N–H and O–H groups in total. The highest BCUT2D eigenvalue weighted by Crippen LogP contribution is 2.43. The number of piperidine rings is 1. The molecular formula is C29H34F4N4O3. The minimum absolute atomic E-state index is 0.0220. The number of ether oxygens (including phenoxy) is 1. The summed E-state index contributed by atoms with van der Waals surface area (Å²) in [5.41, 5.74) is 0.222. The molecular weight excluding hydrogens is 528 g/mol. The molecule has 0 bridgehead atoms. The van der Waals surface area contributed by atoms with E-state index in [1.165, 1.54) is 7.11 Å². The number of pyridine rings is 1. The normalized spacial score (nSPS) is 16.1. The SMILES string of the molecule is COc1ccc2ncc(N(C)C)c([C@@H](F)CCC3(C(=O)O)CCN(CCNc4c(F)cc(F)cc4F)CC3)c2c1. The van der Waals surface area contributed by atoms with Crippen molar-refractivity contribution in [1.82, 2.24) is 9.88 Å². The van der Waals surface area contributed by atoms with Crippen molar-refractivity contribution in [2.45, 2.75) is 31.9 Å². The third-order valence-electron chi connectivity index (χ3n) is 7.77. The molecule has 216 valence electrons. The zero-order chi connectivity index (χ0) is 29.0. The maximum absolute atomic E-state index is 16.0. The minimum Gasteiger partial charge on any atom is -0.497 e. The maximum atomic E-state index is 16.0. The fourth-order valence-electron chi connectivity index (χ4n) is 5.37. The highest BCUT2D eigenvalue weighted by molar-refractivity contribution is 5.88. The summed E-state index contributed by atoms with van der Waals surface area (Å²) >= 11 is 0. The lowest BCUT2D eigenvalue weighted by Crippen LogP contribution is -2.45. The number of hydrogen-bond acceptors (Lipinski definition) is 6. The number of carbonyl (C=O) groups is 1. The highest BCUT2D eigenvalue weighted by Gasteiger charge is 2.42. The summed E-state index contributed by atoms with van der Waals surface area (Å²) < 4.78 is 62.2. The lowest BCUT2D eigenvalue weighted by atomic mass is 9.74. The van der Waals surface area contributed by atoms with Crippen LogP contribution in [-0.4, -0.2) is 68.3 Å². The number of aromatic nitrogens is 1. The van der Waals surface area contributed by atoms with E-state index in [9.17, 15) is 23.1 Å². The van der Waals surface area contributed by atoms with Crippen molar-refractivity contribution < 1.29 is 32.2 Å². The number of hydrogen-bond donors (Lipinski definition) is 2. The average molecular weight is 563 g/mol. The molecule has 1 aliphatic rings. The monoisotopic (exact) mass is 562 g/mol. The molecule has 40 heavy (non-hydrogen) atoms. The molecule has 0 aliphatic carbocycles. The van der Waals surface area contributed by atoms with E-state index in [2.05, 4.69) is 10.3 Å². The number of aliphatic carboxylic acids is 1. The van der Waals surface area contributed by atoms with Crippen LogP contribution < -0.4 is 15.0 Å². The van der Waals surface area contributed by atoms with Crippen molar-refractivity contribution in [2.24, 2.45) is 5.41 Å². The molecule has 0 spiro atoms. The number of fused-ring (bicyclic) bond motifs is 1. The molecule has 2 aromatic carbocycles. The van der Waals surface area contributed by atoms with Gasteiger partial charge in [0.1, 0.15) is 23.4 Å². The zero-order valence-corrected chi connectivity index (χ0v) is 22.8. The van der Waals surface area contributed by atoms with Gasteiger partial charge in [0.15, 0.2) is 11.6 Å². The number of rotatable bonds is 11. The Kier molecular flexibility index (Phi) is 9.02. The Bertz CT molecular complexity index is 1340. The van der Waals surface area contributed by atoms with Crippen LogP contribution in [0.1, 0.15) is 37.4 Å². The van der Waals surface area contributed by atoms with E-state index in [1.54, 1.807) is 43.4 Å². The van der Waals surface area contributed by atoms with Crippen molar-refractivity contribution >= 4 is 28.2 Å². The molecule has 4 rings (SSSR count). The number of likely N-dealkylation sites (tertiary alicyclic amines) is 1. The van der Waals surface area contributed by atoms with Crippen molar-refractivity contribution in [3.8, 4) is 5.75 Å². The van der Waals surface area contributed by atoms with Gasteiger partial charge in [0, 0.05) is 50.3 Å². The molecule has 1 atom stereocenters. The lowest BCUT2D eigenvalue weighted by Gasteiger charge is -2.39. The first kappa shape index (κ1) is 29.4. The number of benzene rings is 2. The molecule has 0 unspecified atom stereocenters. The fourth-order valence-corrected chi connectivity index (χ4v) is 5.37. The highest BCUT2D eigenvalue weighted by atomic mass is 19.1. The number of nitrogens with zero attached hydrogens (tertiary/aromatic N) is 3. The first-order valence-corrected chi connectivity index (χ1v) is 13.2. The van der Waals surface area contributed by atoms with Gasteiger partial charge >= 0.3 is 5.97 Å². The van der Waals surface area contributed by atoms with Crippen LogP contribution in [0.4, 0.5) is 28.9 Å². The largest absolute Gasteiger partial charge is 0.497 e. The second-order valence-electron chi connectivity index (χ2n) is 10.4. The van der Waals surface area contributed by atoms with E-state index in [4.69, 9.17) is 4.74 Å². The van der Waals surface area contributed by atoms with Crippen LogP contribution in [0.15, 0.2) is 36.5 Å². The molecule has 2 heterocycles. The average Bonchev–Trinajstić information content (AvgIpc) is 2.92. The summed E-state index contributed by atoms with van der Waals surface area (Å²) in [4.78, 5) is 20.6. The van der Waals surface area contributed by atoms with Gasteiger partial charge in [0.05, 0.1) is 29.9 Å². The number of methoxy groups -OCH3 is 1. The molecule has 1 fully saturated rings. The molecule has 3 aromatic rings. The Morgan fingerprint density at radius 3 is 2.45 bits per heavy atom. The van der Waals surface area contributed by atoms with Gasteiger partial charge in [0.25, 0.3) is 0 Å². The van der Waals surface area contributed by atoms with Crippen molar-refractivity contribution in [1.29, 1.82) is 0 Å². The molecule has 0 amide bonds. The molecule has 11 heteroatoms. The minimum atomic E-state index is -1.42. The van der Waals surface area contributed by atoms with Crippen molar-refractivity contribution in [2.75, 3.05) is 57.6 Å². The Labute approximate surface area is 230 Å². The predicted octanol–water partition coefficient (Wildman–Crippen LogP) is 5.80. The summed E-state index contributed by atoms with van der Waals surface area (Å²) in [5, 5.41) is 13.4. The van der Waals surface area contributed by atoms with Gasteiger partial charge in [-0.05, 0) is 57.0 Å². The number of carboxylic acids is 1. The van der Waals surface area contributed by atoms with E-state index < -0.39 is 40.7 Å². The van der Waals surface area contributed by atoms with Gasteiger partial charge in [0.2, 0.25) is 0 Å². The quantitative estimate of drug-likeness (QED) is 0.286. The molecule has 1 saturated heterocycles. The van der Waals surface area contributed by atoms with Crippen LogP contribution in [0.25, 0.3) is 10.9 Å². The van der Waals surface area contributed by atoms with Gasteiger partial charge in [-0.25, -0.2) is 17.6 Å². The third-order valence-corrected chi connectivity index (χ3v) is 7.77. The van der Waals surface area contributed by atoms with Crippen LogP contribution in [0, 0.1) is 22.9 Å². The first-order valence-electron chi connectivity index (χ1n) is 13.2. The number of halogens is 4. The number of anilines is 2. The number of nitrogens with one attached hydrogen (secondary N) is 1. The van der Waals surface area contributed by atoms with E-state index in [0.29, 0.717) is 72.5 Å². The fraction of sp³-hybridized carbons (Fsp3) is 0.448. The maximum Gasteiger partial charge on any atom is 0.309 e. The predicted molar refractivity (Wildman–Crippen MR) is 146 cm³/mol. The summed E-state index contributed by atoms with van der Waals surface area (Å²) in [6, 6.07) is 6.50. The number of carboxylic acid groups (broad SMARTS) is 1. The first-order chi connectivity index (χ1) is 19.0. The molecule has 0 radical (unpaired) electrons.